The maximum Gasteiger partial charge on any atom is 0.147 e. The fraction of sp³-hybridized carbons (Fsp3) is 0.625. The standard InChI is InChI=1S/C16H24O3Si/c1-19-16(15(18)10-13-20(2,3)4)11-7-9-14(16)8-5-6-12-17/h9,15,17-18H,6-7,11-12H2,1-4H3/t15-,16?/m0/s1. The molecule has 0 aliphatic heterocycles. The van der Waals surface area contributed by atoms with Crippen molar-refractivity contribution in [3.8, 4) is 23.3 Å². The highest BCUT2D eigenvalue weighted by atomic mass is 28.3. The van der Waals surface area contributed by atoms with E-state index >= 15 is 0 Å². The summed E-state index contributed by atoms with van der Waals surface area (Å²) in [4.78, 5) is 0. The Bertz CT molecular complexity index is 482. The monoisotopic (exact) mass is 292 g/mol. The van der Waals surface area contributed by atoms with E-state index < -0.39 is 19.8 Å². The Morgan fingerprint density at radius 3 is 2.70 bits per heavy atom. The zero-order valence-electron chi connectivity index (χ0n) is 12.8. The summed E-state index contributed by atoms with van der Waals surface area (Å²) in [5.41, 5.74) is 3.16. The third kappa shape index (κ3) is 4.23. The van der Waals surface area contributed by atoms with Crippen LogP contribution in [0.25, 0.3) is 0 Å². The predicted octanol–water partition coefficient (Wildman–Crippen LogP) is 1.72. The fourth-order valence-electron chi connectivity index (χ4n) is 2.12. The van der Waals surface area contributed by atoms with Gasteiger partial charge in [0.25, 0.3) is 0 Å². The zero-order valence-corrected chi connectivity index (χ0v) is 13.8. The Labute approximate surface area is 123 Å². The van der Waals surface area contributed by atoms with Crippen molar-refractivity contribution in [3.63, 3.8) is 0 Å². The molecule has 0 saturated carbocycles. The SMILES string of the molecule is COC1([C@@H](O)C#C[Si](C)(C)C)CCC=C1C#CCCO. The van der Waals surface area contributed by atoms with Crippen molar-refractivity contribution in [1.82, 2.24) is 0 Å². The topological polar surface area (TPSA) is 49.7 Å². The minimum atomic E-state index is -1.54. The quantitative estimate of drug-likeness (QED) is 0.615. The molecule has 2 N–H and O–H groups in total. The Balaban J connectivity index is 2.99. The summed E-state index contributed by atoms with van der Waals surface area (Å²) in [6.07, 6.45) is 3.06. The number of hydrogen-bond acceptors (Lipinski definition) is 3. The van der Waals surface area contributed by atoms with Crippen molar-refractivity contribution in [2.75, 3.05) is 13.7 Å². The smallest absolute Gasteiger partial charge is 0.147 e. The Morgan fingerprint density at radius 1 is 1.45 bits per heavy atom. The lowest BCUT2D eigenvalue weighted by Gasteiger charge is -2.31. The molecule has 3 nitrogen and oxygen atoms in total. The molecule has 4 heteroatoms. The van der Waals surface area contributed by atoms with Crippen molar-refractivity contribution in [1.29, 1.82) is 0 Å². The number of allylic oxidation sites excluding steroid dienone is 1. The zero-order chi connectivity index (χ0) is 15.2. The lowest BCUT2D eigenvalue weighted by Crippen LogP contribution is -2.43. The third-order valence-electron chi connectivity index (χ3n) is 3.17. The van der Waals surface area contributed by atoms with E-state index in [1.807, 2.05) is 6.08 Å². The number of rotatable bonds is 3. The van der Waals surface area contributed by atoms with Gasteiger partial charge < -0.3 is 14.9 Å². The molecule has 2 atom stereocenters. The molecule has 0 aromatic carbocycles. The molecule has 0 amide bonds. The van der Waals surface area contributed by atoms with Crippen molar-refractivity contribution >= 4 is 8.07 Å². The molecule has 110 valence electrons. The van der Waals surface area contributed by atoms with E-state index in [0.717, 1.165) is 12.0 Å². The van der Waals surface area contributed by atoms with Crippen LogP contribution in [0.3, 0.4) is 0 Å². The van der Waals surface area contributed by atoms with Crippen LogP contribution < -0.4 is 0 Å². The van der Waals surface area contributed by atoms with Gasteiger partial charge in [-0.2, -0.15) is 0 Å². The average Bonchev–Trinajstić information content (AvgIpc) is 2.79. The predicted molar refractivity (Wildman–Crippen MR) is 83.7 cm³/mol. The van der Waals surface area contributed by atoms with Crippen LogP contribution >= 0.6 is 0 Å². The van der Waals surface area contributed by atoms with Crippen LogP contribution in [0, 0.1) is 23.3 Å². The molecule has 0 radical (unpaired) electrons. The van der Waals surface area contributed by atoms with Gasteiger partial charge in [-0.15, -0.1) is 5.54 Å². The average molecular weight is 292 g/mol. The van der Waals surface area contributed by atoms with Gasteiger partial charge in [-0.25, -0.2) is 0 Å². The lowest BCUT2D eigenvalue weighted by atomic mass is 9.89. The van der Waals surface area contributed by atoms with E-state index in [-0.39, 0.29) is 6.61 Å². The summed E-state index contributed by atoms with van der Waals surface area (Å²) in [5.74, 6) is 8.87. The van der Waals surface area contributed by atoms with E-state index in [2.05, 4.69) is 42.9 Å². The molecular weight excluding hydrogens is 268 g/mol. The maximum absolute atomic E-state index is 10.5. The minimum Gasteiger partial charge on any atom is -0.395 e. The van der Waals surface area contributed by atoms with Gasteiger partial charge in [-0.3, -0.25) is 0 Å². The van der Waals surface area contributed by atoms with Crippen LogP contribution in [-0.4, -0.2) is 43.7 Å². The first-order valence-corrected chi connectivity index (χ1v) is 10.4. The van der Waals surface area contributed by atoms with Crippen LogP contribution in [0.15, 0.2) is 11.6 Å². The Kier molecular flexibility index (Phi) is 6.04. The molecule has 0 aromatic heterocycles. The summed E-state index contributed by atoms with van der Waals surface area (Å²) in [6, 6.07) is 0. The van der Waals surface area contributed by atoms with Gasteiger partial charge in [0, 0.05) is 19.1 Å². The summed E-state index contributed by atoms with van der Waals surface area (Å²) in [6.45, 7) is 6.45. The molecule has 0 spiro atoms. The Morgan fingerprint density at radius 2 is 2.15 bits per heavy atom. The van der Waals surface area contributed by atoms with E-state index in [4.69, 9.17) is 9.84 Å². The summed E-state index contributed by atoms with van der Waals surface area (Å²) in [5, 5.41) is 19.2. The molecule has 0 heterocycles. The summed E-state index contributed by atoms with van der Waals surface area (Å²) >= 11 is 0. The van der Waals surface area contributed by atoms with E-state index in [1.165, 1.54) is 0 Å². The second kappa shape index (κ2) is 7.11. The highest BCUT2D eigenvalue weighted by Gasteiger charge is 2.43. The normalized spacial score (nSPS) is 23.2. The second-order valence-electron chi connectivity index (χ2n) is 5.95. The minimum absolute atomic E-state index is 0.0399. The first-order valence-electron chi connectivity index (χ1n) is 6.92. The fourth-order valence-corrected chi connectivity index (χ4v) is 2.69. The van der Waals surface area contributed by atoms with E-state index in [9.17, 15) is 5.11 Å². The van der Waals surface area contributed by atoms with Gasteiger partial charge in [0.2, 0.25) is 0 Å². The molecule has 0 saturated heterocycles. The Hall–Kier alpha value is -1.04. The van der Waals surface area contributed by atoms with Gasteiger partial charge in [0.1, 0.15) is 19.8 Å². The molecule has 0 bridgehead atoms. The summed E-state index contributed by atoms with van der Waals surface area (Å²) < 4.78 is 5.60. The van der Waals surface area contributed by atoms with Crippen LogP contribution in [-0.2, 0) is 4.74 Å². The molecule has 1 rings (SSSR count). The van der Waals surface area contributed by atoms with Crippen LogP contribution in [0.4, 0.5) is 0 Å². The molecule has 0 aromatic rings. The van der Waals surface area contributed by atoms with Crippen molar-refractivity contribution in [2.24, 2.45) is 0 Å². The highest BCUT2D eigenvalue weighted by Crippen LogP contribution is 2.36. The maximum atomic E-state index is 10.5. The molecular formula is C16H24O3Si. The second-order valence-corrected chi connectivity index (χ2v) is 10.7. The number of aliphatic hydroxyl groups is 2. The number of aliphatic hydroxyl groups excluding tert-OH is 2. The first-order chi connectivity index (χ1) is 9.35. The van der Waals surface area contributed by atoms with Crippen LogP contribution in [0.1, 0.15) is 19.3 Å². The van der Waals surface area contributed by atoms with Crippen molar-refractivity contribution < 1.29 is 14.9 Å². The molecule has 1 unspecified atom stereocenters. The third-order valence-corrected chi connectivity index (χ3v) is 4.06. The highest BCUT2D eigenvalue weighted by molar-refractivity contribution is 6.83. The van der Waals surface area contributed by atoms with Crippen LogP contribution in [0.2, 0.25) is 19.6 Å². The number of methoxy groups -OCH3 is 1. The molecule has 0 fully saturated rings. The molecule has 1 aliphatic rings. The van der Waals surface area contributed by atoms with Gasteiger partial charge in [0.05, 0.1) is 6.61 Å². The van der Waals surface area contributed by atoms with E-state index in [0.29, 0.717) is 12.8 Å². The molecule has 20 heavy (non-hydrogen) atoms. The number of ether oxygens (including phenoxy) is 1. The van der Waals surface area contributed by atoms with Gasteiger partial charge in [-0.05, 0) is 12.8 Å². The number of hydrogen-bond donors (Lipinski definition) is 2. The van der Waals surface area contributed by atoms with Gasteiger partial charge in [0.15, 0.2) is 0 Å². The summed E-state index contributed by atoms with van der Waals surface area (Å²) in [7, 11) is 0.0545. The van der Waals surface area contributed by atoms with E-state index in [1.54, 1.807) is 7.11 Å². The van der Waals surface area contributed by atoms with Gasteiger partial charge >= 0.3 is 0 Å². The molecule has 1 aliphatic carbocycles. The largest absolute Gasteiger partial charge is 0.395 e. The van der Waals surface area contributed by atoms with Crippen LogP contribution in [0.5, 0.6) is 0 Å². The van der Waals surface area contributed by atoms with Gasteiger partial charge in [-0.1, -0.05) is 43.5 Å². The first kappa shape index (κ1) is 17.0. The van der Waals surface area contributed by atoms with Crippen molar-refractivity contribution in [2.45, 2.75) is 50.6 Å². The lowest BCUT2D eigenvalue weighted by molar-refractivity contribution is -0.0482. The van der Waals surface area contributed by atoms with Crippen molar-refractivity contribution in [3.05, 3.63) is 11.6 Å².